The molecule has 2 aliphatic rings. The van der Waals surface area contributed by atoms with E-state index in [1.54, 1.807) is 0 Å². The maximum atomic E-state index is 2.64. The first kappa shape index (κ1) is 32.3. The fourth-order valence-corrected chi connectivity index (χ4v) is 16.1. The van der Waals surface area contributed by atoms with Crippen molar-refractivity contribution in [3.8, 4) is 22.3 Å². The van der Waals surface area contributed by atoms with Gasteiger partial charge in [-0.2, -0.15) is 0 Å². The average molecular weight is 819 g/mol. The molecule has 6 heterocycles. The summed E-state index contributed by atoms with van der Waals surface area (Å²) in [6.45, 7) is 7.29. The van der Waals surface area contributed by atoms with Gasteiger partial charge < -0.3 is 0 Å². The summed E-state index contributed by atoms with van der Waals surface area (Å²) in [6.07, 6.45) is 0. The minimum Gasteiger partial charge on any atom is -0.135 e. The molecule has 0 atom stereocenters. The number of rotatable bonds is 0. The van der Waals surface area contributed by atoms with Gasteiger partial charge in [0.25, 0.3) is 0 Å². The molecule has 0 fully saturated rings. The van der Waals surface area contributed by atoms with Crippen LogP contribution in [0.2, 0.25) is 0 Å². The Kier molecular flexibility index (Phi) is 5.91. The van der Waals surface area contributed by atoms with Crippen molar-refractivity contribution in [2.45, 2.75) is 26.2 Å². The van der Waals surface area contributed by atoms with Crippen LogP contribution in [-0.4, -0.2) is 6.71 Å². The Morgan fingerprint density at radius 3 is 1.12 bits per heavy atom. The third-order valence-corrected chi connectivity index (χ3v) is 18.6. The van der Waals surface area contributed by atoms with E-state index in [2.05, 4.69) is 154 Å². The van der Waals surface area contributed by atoms with Gasteiger partial charge in [-0.3, -0.25) is 0 Å². The average Bonchev–Trinajstić information content (AvgIpc) is 4.02. The number of benzene rings is 9. The van der Waals surface area contributed by atoms with E-state index in [0.29, 0.717) is 0 Å². The zero-order valence-electron chi connectivity index (χ0n) is 32.4. The lowest BCUT2D eigenvalue weighted by molar-refractivity contribution is 0.591. The summed E-state index contributed by atoms with van der Waals surface area (Å²) in [4.78, 5) is 0. The topological polar surface area (TPSA) is 0 Å². The van der Waals surface area contributed by atoms with E-state index in [1.165, 1.54) is 146 Å². The maximum absolute atomic E-state index is 2.64. The van der Waals surface area contributed by atoms with E-state index in [1.807, 2.05) is 45.3 Å². The quantitative estimate of drug-likeness (QED) is 0.134. The Labute approximate surface area is 355 Å². The summed E-state index contributed by atoms with van der Waals surface area (Å²) in [6, 6.07) is 52.0. The molecule has 0 spiro atoms. The first-order valence-corrected chi connectivity index (χ1v) is 23.8. The Morgan fingerprint density at radius 2 is 0.729 bits per heavy atom. The van der Waals surface area contributed by atoms with Crippen LogP contribution in [0.5, 0.6) is 0 Å². The van der Waals surface area contributed by atoms with E-state index in [-0.39, 0.29) is 12.1 Å². The number of hydrogen-bond acceptors (Lipinski definition) is 4. The number of hydrogen-bond donors (Lipinski definition) is 0. The second kappa shape index (κ2) is 10.8. The molecule has 0 saturated carbocycles. The number of thiophene rings is 4. The van der Waals surface area contributed by atoms with Crippen molar-refractivity contribution in [1.29, 1.82) is 0 Å². The highest BCUT2D eigenvalue weighted by atomic mass is 32.1. The highest BCUT2D eigenvalue weighted by molar-refractivity contribution is 7.29. The lowest BCUT2D eigenvalue weighted by atomic mass is 9.30. The molecule has 274 valence electrons. The summed E-state index contributed by atoms with van der Waals surface area (Å²) in [5, 5.41) is 16.7. The summed E-state index contributed by atoms with van der Waals surface area (Å²) < 4.78 is 11.1. The summed E-state index contributed by atoms with van der Waals surface area (Å²) in [5.74, 6) is 0. The molecule has 0 saturated heterocycles. The van der Waals surface area contributed by atoms with E-state index in [4.69, 9.17) is 0 Å². The fraction of sp³-hybridized carbons (Fsp3) is 0.0741. The number of fused-ring (bicyclic) bond motifs is 20. The summed E-state index contributed by atoms with van der Waals surface area (Å²) in [7, 11) is 0. The largest absolute Gasteiger partial charge is 0.244 e. The highest BCUT2D eigenvalue weighted by Crippen LogP contribution is 2.53. The lowest BCUT2D eigenvalue weighted by Gasteiger charge is -2.36. The van der Waals surface area contributed by atoms with Crippen molar-refractivity contribution in [2.75, 3.05) is 0 Å². The van der Waals surface area contributed by atoms with Crippen LogP contribution in [0.25, 0.3) is 124 Å². The van der Waals surface area contributed by atoms with Crippen LogP contribution in [0.15, 0.2) is 133 Å². The Hall–Kier alpha value is -5.56. The molecule has 15 rings (SSSR count). The van der Waals surface area contributed by atoms with Crippen LogP contribution in [0.4, 0.5) is 0 Å². The maximum Gasteiger partial charge on any atom is 0.244 e. The van der Waals surface area contributed by atoms with E-state index in [9.17, 15) is 0 Å². The molecule has 9 aromatic carbocycles. The second-order valence-corrected chi connectivity index (χ2v) is 22.1. The predicted octanol–water partition coefficient (Wildman–Crippen LogP) is 15.2. The van der Waals surface area contributed by atoms with Gasteiger partial charge in [-0.1, -0.05) is 134 Å². The minimum atomic E-state index is -0.0488. The van der Waals surface area contributed by atoms with Gasteiger partial charge in [0.1, 0.15) is 0 Å². The van der Waals surface area contributed by atoms with Crippen LogP contribution < -0.4 is 16.4 Å². The highest BCUT2D eigenvalue weighted by Gasteiger charge is 2.42. The van der Waals surface area contributed by atoms with Crippen molar-refractivity contribution >= 4 is 171 Å². The van der Waals surface area contributed by atoms with Crippen LogP contribution >= 0.6 is 45.3 Å². The molecule has 59 heavy (non-hydrogen) atoms. The Balaban J connectivity index is 1.25. The van der Waals surface area contributed by atoms with Gasteiger partial charge in [-0.05, 0) is 69.3 Å². The van der Waals surface area contributed by atoms with Crippen molar-refractivity contribution in [3.05, 3.63) is 139 Å². The van der Waals surface area contributed by atoms with E-state index in [0.717, 1.165) is 0 Å². The van der Waals surface area contributed by atoms with Gasteiger partial charge in [0.2, 0.25) is 6.71 Å². The van der Waals surface area contributed by atoms with Crippen LogP contribution in [0.3, 0.4) is 0 Å². The third kappa shape index (κ3) is 3.92. The van der Waals surface area contributed by atoms with Gasteiger partial charge in [-0.25, -0.2) is 0 Å². The third-order valence-electron chi connectivity index (χ3n) is 13.8. The monoisotopic (exact) mass is 818 g/mol. The molecule has 0 N–H and O–H groups in total. The molecule has 2 aliphatic heterocycles. The zero-order chi connectivity index (χ0) is 38.6. The molecule has 4 aromatic heterocycles. The van der Waals surface area contributed by atoms with Crippen molar-refractivity contribution in [3.63, 3.8) is 0 Å². The molecular weight excluding hydrogens is 788 g/mol. The van der Waals surface area contributed by atoms with Gasteiger partial charge in [0.05, 0.1) is 0 Å². The molecule has 0 amide bonds. The van der Waals surface area contributed by atoms with Crippen molar-refractivity contribution < 1.29 is 0 Å². The standard InChI is InChI=1S/C54H31BS4/c1-54(2,3)26-20-35-47-45-37(22-31-27-12-4-10-18-43(27)58-52(31)47)50-33(29-14-6-8-16-41(29)56-50)24-39(45)55-40-25-34-30-15-7-9-17-42(30)57-51(34)38-23-32-28-13-5-11-19-44(28)59-53(32)48(46(38)40)36(21-26)49(35)55/h4-25H,1-3H3. The van der Waals surface area contributed by atoms with Crippen molar-refractivity contribution in [2.24, 2.45) is 0 Å². The molecule has 0 bridgehead atoms. The van der Waals surface area contributed by atoms with Crippen LogP contribution in [-0.2, 0) is 5.41 Å². The van der Waals surface area contributed by atoms with E-state index >= 15 is 0 Å². The minimum absolute atomic E-state index is 0.0488. The van der Waals surface area contributed by atoms with Gasteiger partial charge >= 0.3 is 0 Å². The molecule has 0 aliphatic carbocycles. The SMILES string of the molecule is CC(C)(C)c1cc2c3c(c1)-c1c4sc5ccccc5c4cc4c1c(cc1c5ccccc5sc41)B3c1cc3c4ccccc4sc3c3cc4c(sc5ccccc54)c-2c13. The van der Waals surface area contributed by atoms with Crippen LogP contribution in [0.1, 0.15) is 26.3 Å². The predicted molar refractivity (Wildman–Crippen MR) is 267 cm³/mol. The molecule has 5 heteroatoms. The van der Waals surface area contributed by atoms with Crippen molar-refractivity contribution in [1.82, 2.24) is 0 Å². The van der Waals surface area contributed by atoms with Crippen LogP contribution in [0, 0.1) is 0 Å². The molecule has 0 nitrogen and oxygen atoms in total. The lowest BCUT2D eigenvalue weighted by Crippen LogP contribution is -2.57. The molecule has 0 radical (unpaired) electrons. The second-order valence-electron chi connectivity index (χ2n) is 17.8. The van der Waals surface area contributed by atoms with Gasteiger partial charge in [-0.15, -0.1) is 45.3 Å². The smallest absolute Gasteiger partial charge is 0.135 e. The summed E-state index contributed by atoms with van der Waals surface area (Å²) in [5.41, 5.74) is 11.5. The zero-order valence-corrected chi connectivity index (χ0v) is 35.7. The van der Waals surface area contributed by atoms with Gasteiger partial charge in [0, 0.05) is 103 Å². The van der Waals surface area contributed by atoms with Gasteiger partial charge in [0.15, 0.2) is 0 Å². The first-order valence-electron chi connectivity index (χ1n) is 20.5. The molecule has 0 unspecified atom stereocenters. The Morgan fingerprint density at radius 1 is 0.373 bits per heavy atom. The normalized spacial score (nSPS) is 13.6. The Bertz CT molecular complexity index is 3870. The summed E-state index contributed by atoms with van der Waals surface area (Å²) >= 11 is 7.92. The molecule has 13 aromatic rings. The fourth-order valence-electron chi connectivity index (χ4n) is 11.2. The molecular formula is C54H31BS4. The first-order chi connectivity index (χ1) is 28.9. The van der Waals surface area contributed by atoms with E-state index < -0.39 is 0 Å².